The van der Waals surface area contributed by atoms with Gasteiger partial charge in [-0.3, -0.25) is 4.79 Å². The number of fused-ring (bicyclic) bond motifs is 3. The lowest BCUT2D eigenvalue weighted by molar-refractivity contribution is -0.137. The van der Waals surface area contributed by atoms with Gasteiger partial charge in [0.1, 0.15) is 6.61 Å². The van der Waals surface area contributed by atoms with Gasteiger partial charge in [-0.1, -0.05) is 91.0 Å². The second kappa shape index (κ2) is 9.96. The molecule has 1 aliphatic carbocycles. The standard InChI is InChI=1S/C27H25NO4/c29-26(30)17-20(12-8-11-19-9-2-1-3-10-19)28-27(31)32-18-25-23-15-6-4-13-21(23)22-14-5-7-16-24(22)25/h1-11,13-16,20,25H,12,17-18H2,(H,28,31)(H,29,30). The van der Waals surface area contributed by atoms with Gasteiger partial charge < -0.3 is 15.2 Å². The van der Waals surface area contributed by atoms with E-state index < -0.39 is 18.1 Å². The Morgan fingerprint density at radius 2 is 1.50 bits per heavy atom. The fourth-order valence-electron chi connectivity index (χ4n) is 4.14. The topological polar surface area (TPSA) is 75.6 Å². The zero-order chi connectivity index (χ0) is 22.3. The van der Waals surface area contributed by atoms with Crippen LogP contribution in [-0.2, 0) is 9.53 Å². The Kier molecular flexibility index (Phi) is 6.66. The van der Waals surface area contributed by atoms with Gasteiger partial charge in [0, 0.05) is 12.0 Å². The first kappa shape index (κ1) is 21.4. The van der Waals surface area contributed by atoms with Crippen LogP contribution in [0.2, 0.25) is 0 Å². The van der Waals surface area contributed by atoms with Crippen molar-refractivity contribution in [3.05, 3.63) is 102 Å². The zero-order valence-corrected chi connectivity index (χ0v) is 17.6. The van der Waals surface area contributed by atoms with E-state index in [-0.39, 0.29) is 18.9 Å². The molecule has 1 unspecified atom stereocenters. The minimum Gasteiger partial charge on any atom is -0.481 e. The van der Waals surface area contributed by atoms with Crippen molar-refractivity contribution >= 4 is 18.1 Å². The summed E-state index contributed by atoms with van der Waals surface area (Å²) >= 11 is 0. The quantitative estimate of drug-likeness (QED) is 0.500. The molecule has 0 bridgehead atoms. The Morgan fingerprint density at radius 3 is 2.12 bits per heavy atom. The highest BCUT2D eigenvalue weighted by molar-refractivity contribution is 5.79. The average Bonchev–Trinajstić information content (AvgIpc) is 3.12. The maximum Gasteiger partial charge on any atom is 0.407 e. The van der Waals surface area contributed by atoms with Gasteiger partial charge in [0.15, 0.2) is 0 Å². The summed E-state index contributed by atoms with van der Waals surface area (Å²) in [5, 5.41) is 11.9. The molecule has 0 saturated carbocycles. The van der Waals surface area contributed by atoms with Crippen LogP contribution in [0.4, 0.5) is 4.79 Å². The van der Waals surface area contributed by atoms with Crippen LogP contribution < -0.4 is 5.32 Å². The van der Waals surface area contributed by atoms with Crippen LogP contribution in [0, 0.1) is 0 Å². The van der Waals surface area contributed by atoms with Crippen LogP contribution in [0.15, 0.2) is 84.9 Å². The summed E-state index contributed by atoms with van der Waals surface area (Å²) in [5.41, 5.74) is 5.60. The molecule has 0 spiro atoms. The van der Waals surface area contributed by atoms with Gasteiger partial charge in [-0.15, -0.1) is 0 Å². The Bertz CT molecular complexity index is 1080. The Labute approximate surface area is 187 Å². The number of nitrogens with one attached hydrogen (secondary N) is 1. The van der Waals surface area contributed by atoms with Gasteiger partial charge in [-0.05, 0) is 34.2 Å². The minimum atomic E-state index is -0.970. The monoisotopic (exact) mass is 427 g/mol. The van der Waals surface area contributed by atoms with Crippen LogP contribution in [-0.4, -0.2) is 29.8 Å². The number of alkyl carbamates (subject to hydrolysis) is 1. The first-order valence-corrected chi connectivity index (χ1v) is 10.7. The lowest BCUT2D eigenvalue weighted by Crippen LogP contribution is -2.37. The molecule has 3 aromatic carbocycles. The predicted molar refractivity (Wildman–Crippen MR) is 124 cm³/mol. The van der Waals surface area contributed by atoms with E-state index in [9.17, 15) is 14.7 Å². The molecule has 32 heavy (non-hydrogen) atoms. The van der Waals surface area contributed by atoms with Crippen LogP contribution in [0.5, 0.6) is 0 Å². The van der Waals surface area contributed by atoms with E-state index in [1.54, 1.807) is 0 Å². The largest absolute Gasteiger partial charge is 0.481 e. The molecular weight excluding hydrogens is 402 g/mol. The van der Waals surface area contributed by atoms with Gasteiger partial charge >= 0.3 is 12.1 Å². The van der Waals surface area contributed by atoms with Gasteiger partial charge in [0.05, 0.1) is 6.42 Å². The van der Waals surface area contributed by atoms with E-state index in [0.29, 0.717) is 6.42 Å². The maximum atomic E-state index is 12.5. The highest BCUT2D eigenvalue weighted by atomic mass is 16.5. The minimum absolute atomic E-state index is 0.0379. The molecule has 0 saturated heterocycles. The molecule has 162 valence electrons. The zero-order valence-electron chi connectivity index (χ0n) is 17.6. The summed E-state index contributed by atoms with van der Waals surface area (Å²) in [6.07, 6.45) is 3.39. The summed E-state index contributed by atoms with van der Waals surface area (Å²) in [6.45, 7) is 0.194. The number of carboxylic acids is 1. The fraction of sp³-hybridized carbons (Fsp3) is 0.185. The van der Waals surface area contributed by atoms with Crippen molar-refractivity contribution in [2.24, 2.45) is 0 Å². The third-order valence-corrected chi connectivity index (χ3v) is 5.62. The Balaban J connectivity index is 1.38. The number of carboxylic acid groups (broad SMARTS) is 1. The van der Waals surface area contributed by atoms with E-state index in [0.717, 1.165) is 27.8 Å². The molecule has 4 rings (SSSR count). The van der Waals surface area contributed by atoms with Crippen molar-refractivity contribution in [1.29, 1.82) is 0 Å². The van der Waals surface area contributed by atoms with Crippen molar-refractivity contribution in [1.82, 2.24) is 5.32 Å². The summed E-state index contributed by atoms with van der Waals surface area (Å²) in [6, 6.07) is 25.4. The third kappa shape index (κ3) is 5.06. The second-order valence-corrected chi connectivity index (χ2v) is 7.81. The normalized spacial score (nSPS) is 13.4. The molecule has 3 aromatic rings. The number of benzene rings is 3. The van der Waals surface area contributed by atoms with Crippen molar-refractivity contribution < 1.29 is 19.4 Å². The molecule has 5 heteroatoms. The molecular formula is C27H25NO4. The van der Waals surface area contributed by atoms with E-state index in [1.807, 2.05) is 66.7 Å². The van der Waals surface area contributed by atoms with E-state index in [1.165, 1.54) is 0 Å². The third-order valence-electron chi connectivity index (χ3n) is 5.62. The number of hydrogen-bond donors (Lipinski definition) is 2. The predicted octanol–water partition coefficient (Wildman–Crippen LogP) is 5.47. The number of aliphatic carboxylic acids is 1. The molecule has 1 atom stereocenters. The molecule has 2 N–H and O–H groups in total. The molecule has 1 aliphatic rings. The number of carbonyl (C=O) groups is 2. The molecule has 0 aliphatic heterocycles. The van der Waals surface area contributed by atoms with E-state index in [4.69, 9.17) is 4.74 Å². The summed E-state index contributed by atoms with van der Waals surface area (Å²) < 4.78 is 5.55. The number of amides is 1. The van der Waals surface area contributed by atoms with Crippen LogP contribution in [0.3, 0.4) is 0 Å². The molecule has 0 heterocycles. The van der Waals surface area contributed by atoms with Crippen molar-refractivity contribution in [2.45, 2.75) is 24.8 Å². The highest BCUT2D eigenvalue weighted by Crippen LogP contribution is 2.44. The van der Waals surface area contributed by atoms with Crippen molar-refractivity contribution in [3.63, 3.8) is 0 Å². The van der Waals surface area contributed by atoms with Crippen molar-refractivity contribution in [3.8, 4) is 11.1 Å². The highest BCUT2D eigenvalue weighted by Gasteiger charge is 2.29. The molecule has 0 radical (unpaired) electrons. The first-order chi connectivity index (χ1) is 15.6. The van der Waals surface area contributed by atoms with E-state index in [2.05, 4.69) is 29.6 Å². The second-order valence-electron chi connectivity index (χ2n) is 7.81. The number of hydrogen-bond acceptors (Lipinski definition) is 3. The molecule has 0 fully saturated rings. The lowest BCUT2D eigenvalue weighted by atomic mass is 9.98. The number of carbonyl (C=O) groups excluding carboxylic acids is 1. The van der Waals surface area contributed by atoms with Crippen LogP contribution >= 0.6 is 0 Å². The summed E-state index contributed by atoms with van der Waals surface area (Å²) in [4.78, 5) is 23.7. The number of rotatable bonds is 8. The molecule has 5 nitrogen and oxygen atoms in total. The maximum absolute atomic E-state index is 12.5. The summed E-state index contributed by atoms with van der Waals surface area (Å²) in [7, 11) is 0. The lowest BCUT2D eigenvalue weighted by Gasteiger charge is -2.18. The molecule has 1 amide bonds. The van der Waals surface area contributed by atoms with Crippen molar-refractivity contribution in [2.75, 3.05) is 6.61 Å². The Morgan fingerprint density at radius 1 is 0.906 bits per heavy atom. The fourth-order valence-corrected chi connectivity index (χ4v) is 4.14. The van der Waals surface area contributed by atoms with Gasteiger partial charge in [-0.25, -0.2) is 4.79 Å². The van der Waals surface area contributed by atoms with Gasteiger partial charge in [-0.2, -0.15) is 0 Å². The SMILES string of the molecule is O=C(O)CC(CC=Cc1ccccc1)NC(=O)OCC1c2ccccc2-c2ccccc21. The van der Waals surface area contributed by atoms with Gasteiger partial charge in [0.25, 0.3) is 0 Å². The molecule has 0 aromatic heterocycles. The first-order valence-electron chi connectivity index (χ1n) is 10.7. The van der Waals surface area contributed by atoms with Gasteiger partial charge in [0.2, 0.25) is 0 Å². The van der Waals surface area contributed by atoms with E-state index >= 15 is 0 Å². The Hall–Kier alpha value is -3.86. The van der Waals surface area contributed by atoms with Crippen LogP contribution in [0.25, 0.3) is 17.2 Å². The number of ether oxygens (including phenoxy) is 1. The van der Waals surface area contributed by atoms with Crippen LogP contribution in [0.1, 0.15) is 35.4 Å². The summed E-state index contributed by atoms with van der Waals surface area (Å²) in [5.74, 6) is -1.01. The smallest absolute Gasteiger partial charge is 0.407 e. The average molecular weight is 428 g/mol.